The third-order valence-electron chi connectivity index (χ3n) is 3.34. The maximum Gasteiger partial charge on any atom is 0.223 e. The van der Waals surface area contributed by atoms with Crippen LogP contribution in [0.3, 0.4) is 0 Å². The number of hydrogen-bond donors (Lipinski definition) is 0. The first kappa shape index (κ1) is 13.8. The molecule has 0 bridgehead atoms. The molecule has 0 unspecified atom stereocenters. The van der Waals surface area contributed by atoms with Gasteiger partial charge in [-0.15, -0.1) is 0 Å². The molecule has 1 fully saturated rings. The van der Waals surface area contributed by atoms with Gasteiger partial charge in [0.1, 0.15) is 5.75 Å². The molecular weight excluding hydrogens is 244 g/mol. The highest BCUT2D eigenvalue weighted by molar-refractivity contribution is 5.76. The Morgan fingerprint density at radius 2 is 2.47 bits per heavy atom. The fourth-order valence-electron chi connectivity index (χ4n) is 2.15. The van der Waals surface area contributed by atoms with Crippen molar-refractivity contribution in [3.05, 3.63) is 24.0 Å². The number of carbonyl (C=O) groups is 1. The Labute approximate surface area is 113 Å². The van der Waals surface area contributed by atoms with E-state index < -0.39 is 0 Å². The van der Waals surface area contributed by atoms with Crippen molar-refractivity contribution in [3.8, 4) is 5.75 Å². The molecule has 1 aliphatic rings. The van der Waals surface area contributed by atoms with Gasteiger partial charge >= 0.3 is 0 Å². The lowest BCUT2D eigenvalue weighted by Gasteiger charge is -2.18. The third kappa shape index (κ3) is 3.92. The number of nitrogens with zero attached hydrogens (tertiary/aromatic N) is 2. The fourth-order valence-corrected chi connectivity index (χ4v) is 2.15. The second-order valence-corrected chi connectivity index (χ2v) is 4.87. The standard InChI is InChI=1S/C14H20N2O3/c1-16(14(17)7-11-4-6-19-10-11)9-12-8-13(18-2)3-5-15-12/h3,5,8,11H,4,6-7,9-10H2,1-2H3/t11-/m0/s1. The molecular formula is C14H20N2O3. The number of carbonyl (C=O) groups excluding carboxylic acids is 1. The lowest BCUT2D eigenvalue weighted by atomic mass is 10.0. The lowest BCUT2D eigenvalue weighted by molar-refractivity contribution is -0.131. The monoisotopic (exact) mass is 264 g/mol. The fraction of sp³-hybridized carbons (Fsp3) is 0.571. The first-order valence-corrected chi connectivity index (χ1v) is 6.49. The molecule has 0 saturated carbocycles. The molecule has 5 nitrogen and oxygen atoms in total. The van der Waals surface area contributed by atoms with E-state index in [2.05, 4.69) is 4.98 Å². The number of rotatable bonds is 5. The number of ether oxygens (including phenoxy) is 2. The Kier molecular flexibility index (Phi) is 4.74. The van der Waals surface area contributed by atoms with Gasteiger partial charge in [-0.2, -0.15) is 0 Å². The molecule has 19 heavy (non-hydrogen) atoms. The number of hydrogen-bond acceptors (Lipinski definition) is 4. The molecule has 1 aliphatic heterocycles. The highest BCUT2D eigenvalue weighted by atomic mass is 16.5. The van der Waals surface area contributed by atoms with E-state index in [9.17, 15) is 4.79 Å². The average molecular weight is 264 g/mol. The van der Waals surface area contributed by atoms with Gasteiger partial charge in [-0.3, -0.25) is 9.78 Å². The summed E-state index contributed by atoms with van der Waals surface area (Å²) in [6.07, 6.45) is 3.23. The molecule has 5 heteroatoms. The van der Waals surface area contributed by atoms with Gasteiger partial charge in [-0.1, -0.05) is 0 Å². The van der Waals surface area contributed by atoms with Gasteiger partial charge in [0.05, 0.1) is 19.3 Å². The van der Waals surface area contributed by atoms with Crippen LogP contribution < -0.4 is 4.74 Å². The van der Waals surface area contributed by atoms with E-state index in [1.54, 1.807) is 31.3 Å². The first-order valence-electron chi connectivity index (χ1n) is 6.49. The van der Waals surface area contributed by atoms with Crippen molar-refractivity contribution >= 4 is 5.91 Å². The van der Waals surface area contributed by atoms with Gasteiger partial charge < -0.3 is 14.4 Å². The highest BCUT2D eigenvalue weighted by Crippen LogP contribution is 2.18. The zero-order chi connectivity index (χ0) is 13.7. The zero-order valence-electron chi connectivity index (χ0n) is 11.5. The van der Waals surface area contributed by atoms with Crippen LogP contribution in [0.2, 0.25) is 0 Å². The molecule has 1 aromatic rings. The van der Waals surface area contributed by atoms with E-state index in [-0.39, 0.29) is 5.91 Å². The molecule has 1 atom stereocenters. The summed E-state index contributed by atoms with van der Waals surface area (Å²) in [5, 5.41) is 0. The minimum Gasteiger partial charge on any atom is -0.497 e. The van der Waals surface area contributed by atoms with Crippen LogP contribution in [0, 0.1) is 5.92 Å². The van der Waals surface area contributed by atoms with Gasteiger partial charge in [0.15, 0.2) is 0 Å². The Hall–Kier alpha value is -1.62. The third-order valence-corrected chi connectivity index (χ3v) is 3.34. The Morgan fingerprint density at radius 1 is 1.63 bits per heavy atom. The van der Waals surface area contributed by atoms with Crippen LogP contribution in [0.4, 0.5) is 0 Å². The molecule has 0 spiro atoms. The Morgan fingerprint density at radius 3 is 3.16 bits per heavy atom. The Bertz CT molecular complexity index is 430. The minimum absolute atomic E-state index is 0.139. The summed E-state index contributed by atoms with van der Waals surface area (Å²) in [6.45, 7) is 1.99. The number of methoxy groups -OCH3 is 1. The molecule has 2 heterocycles. The van der Waals surface area contributed by atoms with Gasteiger partial charge in [0.2, 0.25) is 5.91 Å². The molecule has 0 aromatic carbocycles. The summed E-state index contributed by atoms with van der Waals surface area (Å²) in [4.78, 5) is 18.0. The van der Waals surface area contributed by atoms with Crippen molar-refractivity contribution in [2.45, 2.75) is 19.4 Å². The largest absolute Gasteiger partial charge is 0.497 e. The zero-order valence-corrected chi connectivity index (χ0v) is 11.5. The van der Waals surface area contributed by atoms with E-state index in [1.165, 1.54) is 0 Å². The molecule has 104 valence electrons. The summed E-state index contributed by atoms with van der Waals surface area (Å²) < 4.78 is 10.4. The van der Waals surface area contributed by atoms with E-state index in [1.807, 2.05) is 6.07 Å². The first-order chi connectivity index (χ1) is 9.19. The number of amides is 1. The van der Waals surface area contributed by atoms with Crippen LogP contribution in [0.1, 0.15) is 18.5 Å². The molecule has 1 saturated heterocycles. The second-order valence-electron chi connectivity index (χ2n) is 4.87. The van der Waals surface area contributed by atoms with Gasteiger partial charge in [-0.25, -0.2) is 0 Å². The summed E-state index contributed by atoms with van der Waals surface area (Å²) in [6, 6.07) is 3.64. The maximum atomic E-state index is 12.1. The van der Waals surface area contributed by atoms with Crippen LogP contribution in [-0.4, -0.2) is 43.2 Å². The summed E-state index contributed by atoms with van der Waals surface area (Å²) in [5.74, 6) is 1.27. The van der Waals surface area contributed by atoms with E-state index in [0.29, 0.717) is 25.5 Å². The normalized spacial score (nSPS) is 18.3. The quantitative estimate of drug-likeness (QED) is 0.808. The number of pyridine rings is 1. The van der Waals surface area contributed by atoms with Crippen LogP contribution in [-0.2, 0) is 16.1 Å². The molecule has 0 aliphatic carbocycles. The molecule has 0 radical (unpaired) electrons. The second kappa shape index (κ2) is 6.52. The SMILES string of the molecule is COc1ccnc(CN(C)C(=O)C[C@@H]2CCOC2)c1. The maximum absolute atomic E-state index is 12.1. The lowest BCUT2D eigenvalue weighted by Crippen LogP contribution is -2.28. The predicted molar refractivity (Wildman–Crippen MR) is 70.8 cm³/mol. The van der Waals surface area contributed by atoms with E-state index in [0.717, 1.165) is 24.5 Å². The van der Waals surface area contributed by atoms with E-state index >= 15 is 0 Å². The van der Waals surface area contributed by atoms with Crippen molar-refractivity contribution in [2.24, 2.45) is 5.92 Å². The van der Waals surface area contributed by atoms with Crippen LogP contribution in [0.5, 0.6) is 5.75 Å². The number of aromatic nitrogens is 1. The molecule has 2 rings (SSSR count). The van der Waals surface area contributed by atoms with Crippen LogP contribution in [0.15, 0.2) is 18.3 Å². The summed E-state index contributed by atoms with van der Waals surface area (Å²) >= 11 is 0. The molecule has 0 N–H and O–H groups in total. The van der Waals surface area contributed by atoms with Crippen molar-refractivity contribution < 1.29 is 14.3 Å². The summed E-state index contributed by atoms with van der Waals surface area (Å²) in [5.41, 5.74) is 0.831. The minimum atomic E-state index is 0.139. The molecule has 1 amide bonds. The average Bonchev–Trinajstić information content (AvgIpc) is 2.91. The Balaban J connectivity index is 1.88. The topological polar surface area (TPSA) is 51.7 Å². The summed E-state index contributed by atoms with van der Waals surface area (Å²) in [7, 11) is 3.42. The van der Waals surface area contributed by atoms with Crippen LogP contribution >= 0.6 is 0 Å². The van der Waals surface area contributed by atoms with Crippen molar-refractivity contribution in [1.29, 1.82) is 0 Å². The molecule has 1 aromatic heterocycles. The smallest absolute Gasteiger partial charge is 0.223 e. The van der Waals surface area contributed by atoms with Gasteiger partial charge in [-0.05, 0) is 18.4 Å². The predicted octanol–water partition coefficient (Wildman–Crippen LogP) is 1.48. The van der Waals surface area contributed by atoms with Gasteiger partial charge in [0, 0.05) is 38.9 Å². The van der Waals surface area contributed by atoms with E-state index in [4.69, 9.17) is 9.47 Å². The van der Waals surface area contributed by atoms with Crippen molar-refractivity contribution in [2.75, 3.05) is 27.4 Å². The van der Waals surface area contributed by atoms with Crippen LogP contribution in [0.25, 0.3) is 0 Å². The van der Waals surface area contributed by atoms with Gasteiger partial charge in [0.25, 0.3) is 0 Å². The van der Waals surface area contributed by atoms with Crippen molar-refractivity contribution in [1.82, 2.24) is 9.88 Å². The highest BCUT2D eigenvalue weighted by Gasteiger charge is 2.21. The van der Waals surface area contributed by atoms with Crippen molar-refractivity contribution in [3.63, 3.8) is 0 Å².